The number of aromatic nitrogens is 1. The number of rotatable bonds is 3. The van der Waals surface area contributed by atoms with E-state index >= 15 is 0 Å². The SMILES string of the molecule is N#Cc1cncc(-c2ccccc2-c2ccccc2N2c3ccccc3Oc3ccccc32)c1. The lowest BCUT2D eigenvalue weighted by molar-refractivity contribution is 0.477. The predicted molar refractivity (Wildman–Crippen MR) is 135 cm³/mol. The van der Waals surface area contributed by atoms with Gasteiger partial charge in [0.05, 0.1) is 22.6 Å². The quantitative estimate of drug-likeness (QED) is 0.283. The summed E-state index contributed by atoms with van der Waals surface area (Å²) in [5, 5.41) is 9.39. The van der Waals surface area contributed by atoms with Crippen LogP contribution in [0.5, 0.6) is 11.5 Å². The van der Waals surface area contributed by atoms with Crippen molar-refractivity contribution in [3.8, 4) is 39.8 Å². The number of nitrogens with zero attached hydrogens (tertiary/aromatic N) is 3. The second-order valence-corrected chi connectivity index (χ2v) is 8.01. The Morgan fingerprint density at radius 3 is 1.85 bits per heavy atom. The normalized spacial score (nSPS) is 11.7. The average molecular weight is 438 g/mol. The number of hydrogen-bond donors (Lipinski definition) is 0. The molecule has 0 fully saturated rings. The molecule has 0 atom stereocenters. The number of benzene rings is 4. The summed E-state index contributed by atoms with van der Waals surface area (Å²) in [7, 11) is 0. The van der Waals surface area contributed by atoms with Gasteiger partial charge < -0.3 is 9.64 Å². The summed E-state index contributed by atoms with van der Waals surface area (Å²) in [5.41, 5.74) is 7.63. The smallest absolute Gasteiger partial charge is 0.151 e. The van der Waals surface area contributed by atoms with E-state index in [-0.39, 0.29) is 0 Å². The third-order valence-corrected chi connectivity index (χ3v) is 5.97. The minimum atomic E-state index is 0.539. The molecule has 0 bridgehead atoms. The van der Waals surface area contributed by atoms with Crippen LogP contribution in [0.3, 0.4) is 0 Å². The molecule has 1 aromatic heterocycles. The zero-order chi connectivity index (χ0) is 22.9. The van der Waals surface area contributed by atoms with Gasteiger partial charge in [0.15, 0.2) is 11.5 Å². The van der Waals surface area contributed by atoms with Crippen LogP contribution in [0.4, 0.5) is 17.1 Å². The van der Waals surface area contributed by atoms with Gasteiger partial charge in [-0.15, -0.1) is 0 Å². The number of hydrogen-bond acceptors (Lipinski definition) is 4. The fourth-order valence-corrected chi connectivity index (χ4v) is 4.48. The maximum atomic E-state index is 9.39. The van der Waals surface area contributed by atoms with Crippen LogP contribution in [-0.2, 0) is 0 Å². The standard InChI is InChI=1S/C30H19N3O/c31-18-21-17-22(20-32-19-21)23-9-1-2-10-24(23)25-11-3-4-12-26(25)33-27-13-5-7-15-29(27)34-30-16-8-6-14-28(30)33/h1-17,19-20H. The Hall–Kier alpha value is -4.88. The molecule has 0 saturated heterocycles. The summed E-state index contributed by atoms with van der Waals surface area (Å²) in [6.07, 6.45) is 3.39. The molecule has 4 nitrogen and oxygen atoms in total. The Balaban J connectivity index is 1.59. The first kappa shape index (κ1) is 19.8. The molecule has 0 N–H and O–H groups in total. The molecule has 160 valence electrons. The van der Waals surface area contributed by atoms with Gasteiger partial charge in [-0.3, -0.25) is 4.98 Å². The van der Waals surface area contributed by atoms with Crippen molar-refractivity contribution in [1.29, 1.82) is 5.26 Å². The van der Waals surface area contributed by atoms with Crippen LogP contribution >= 0.6 is 0 Å². The third kappa shape index (κ3) is 3.28. The van der Waals surface area contributed by atoms with Gasteiger partial charge in [0, 0.05) is 23.5 Å². The van der Waals surface area contributed by atoms with Gasteiger partial charge in [-0.2, -0.15) is 5.26 Å². The van der Waals surface area contributed by atoms with Gasteiger partial charge in [-0.1, -0.05) is 66.7 Å². The molecule has 0 aliphatic carbocycles. The van der Waals surface area contributed by atoms with Crippen molar-refractivity contribution in [2.24, 2.45) is 0 Å². The van der Waals surface area contributed by atoms with Crippen LogP contribution in [0.2, 0.25) is 0 Å². The minimum Gasteiger partial charge on any atom is -0.453 e. The minimum absolute atomic E-state index is 0.539. The highest BCUT2D eigenvalue weighted by Gasteiger charge is 2.27. The maximum absolute atomic E-state index is 9.39. The first-order chi connectivity index (χ1) is 16.8. The molecule has 0 spiro atoms. The van der Waals surface area contributed by atoms with Crippen LogP contribution in [0.15, 0.2) is 116 Å². The molecule has 4 aromatic carbocycles. The fourth-order valence-electron chi connectivity index (χ4n) is 4.48. The number of pyridine rings is 1. The number of ether oxygens (including phenoxy) is 1. The molecule has 0 radical (unpaired) electrons. The average Bonchev–Trinajstić information content (AvgIpc) is 2.92. The Kier molecular flexibility index (Phi) is 4.79. The Morgan fingerprint density at radius 2 is 1.18 bits per heavy atom. The van der Waals surface area contributed by atoms with Gasteiger partial charge in [-0.05, 0) is 47.5 Å². The summed E-state index contributed by atoms with van der Waals surface area (Å²) < 4.78 is 6.21. The van der Waals surface area contributed by atoms with Crippen LogP contribution < -0.4 is 9.64 Å². The van der Waals surface area contributed by atoms with Crippen LogP contribution in [0, 0.1) is 11.3 Å². The van der Waals surface area contributed by atoms with Crippen molar-refractivity contribution in [1.82, 2.24) is 4.98 Å². The second-order valence-electron chi connectivity index (χ2n) is 8.01. The Bertz CT molecular complexity index is 1520. The zero-order valence-corrected chi connectivity index (χ0v) is 18.2. The number of anilines is 3. The lowest BCUT2D eigenvalue weighted by Gasteiger charge is -2.34. The number of fused-ring (bicyclic) bond motifs is 2. The largest absolute Gasteiger partial charge is 0.453 e. The summed E-state index contributed by atoms with van der Waals surface area (Å²) in [5.74, 6) is 1.63. The molecule has 34 heavy (non-hydrogen) atoms. The summed E-state index contributed by atoms with van der Waals surface area (Å²) in [4.78, 5) is 6.54. The van der Waals surface area contributed by atoms with E-state index in [0.717, 1.165) is 50.8 Å². The Labute approximate surface area is 198 Å². The van der Waals surface area contributed by atoms with Crippen molar-refractivity contribution < 1.29 is 4.74 Å². The van der Waals surface area contributed by atoms with Crippen molar-refractivity contribution in [3.05, 3.63) is 121 Å². The fraction of sp³-hybridized carbons (Fsp3) is 0. The van der Waals surface area contributed by atoms with Crippen molar-refractivity contribution in [2.75, 3.05) is 4.90 Å². The van der Waals surface area contributed by atoms with E-state index in [2.05, 4.69) is 64.5 Å². The molecule has 1 aliphatic heterocycles. The lowest BCUT2D eigenvalue weighted by Crippen LogP contribution is -2.16. The topological polar surface area (TPSA) is 49.2 Å². The molecule has 1 aliphatic rings. The van der Waals surface area contributed by atoms with Crippen molar-refractivity contribution in [3.63, 3.8) is 0 Å². The van der Waals surface area contributed by atoms with Gasteiger partial charge in [0.25, 0.3) is 0 Å². The summed E-state index contributed by atoms with van der Waals surface area (Å²) in [6, 6.07) is 36.9. The molecule has 2 heterocycles. The van der Waals surface area contributed by atoms with E-state index in [9.17, 15) is 5.26 Å². The Morgan fingerprint density at radius 1 is 0.618 bits per heavy atom. The van der Waals surface area contributed by atoms with E-state index in [1.807, 2.05) is 60.8 Å². The monoisotopic (exact) mass is 437 g/mol. The summed E-state index contributed by atoms with van der Waals surface area (Å²) in [6.45, 7) is 0. The zero-order valence-electron chi connectivity index (χ0n) is 18.2. The van der Waals surface area contributed by atoms with Gasteiger partial charge in [0.1, 0.15) is 6.07 Å². The first-order valence-electron chi connectivity index (χ1n) is 11.0. The van der Waals surface area contributed by atoms with E-state index in [4.69, 9.17) is 4.74 Å². The van der Waals surface area contributed by atoms with Crippen molar-refractivity contribution in [2.45, 2.75) is 0 Å². The highest BCUT2D eigenvalue weighted by molar-refractivity contribution is 5.96. The molecule has 6 rings (SSSR count). The van der Waals surface area contributed by atoms with Crippen LogP contribution in [0.25, 0.3) is 22.3 Å². The molecule has 0 amide bonds. The molecule has 0 saturated carbocycles. The van der Waals surface area contributed by atoms with Gasteiger partial charge >= 0.3 is 0 Å². The van der Waals surface area contributed by atoms with Crippen LogP contribution in [0.1, 0.15) is 5.56 Å². The van der Waals surface area contributed by atoms with Gasteiger partial charge in [-0.25, -0.2) is 0 Å². The van der Waals surface area contributed by atoms with E-state index in [1.165, 1.54) is 0 Å². The lowest BCUT2D eigenvalue weighted by atomic mass is 9.93. The van der Waals surface area contributed by atoms with E-state index < -0.39 is 0 Å². The van der Waals surface area contributed by atoms with Crippen LogP contribution in [-0.4, -0.2) is 4.98 Å². The molecular formula is C30H19N3O. The highest BCUT2D eigenvalue weighted by atomic mass is 16.5. The molecule has 4 heteroatoms. The first-order valence-corrected chi connectivity index (χ1v) is 11.0. The van der Waals surface area contributed by atoms with E-state index in [1.54, 1.807) is 6.20 Å². The molecule has 0 unspecified atom stereocenters. The predicted octanol–water partition coefficient (Wildman–Crippen LogP) is 7.86. The number of nitriles is 1. The third-order valence-electron chi connectivity index (χ3n) is 5.97. The highest BCUT2D eigenvalue weighted by Crippen LogP contribution is 2.52. The summed E-state index contributed by atoms with van der Waals surface area (Å²) >= 11 is 0. The van der Waals surface area contributed by atoms with Crippen molar-refractivity contribution >= 4 is 17.1 Å². The van der Waals surface area contributed by atoms with E-state index in [0.29, 0.717) is 5.56 Å². The molecular weight excluding hydrogens is 418 g/mol. The van der Waals surface area contributed by atoms with Gasteiger partial charge in [0.2, 0.25) is 0 Å². The maximum Gasteiger partial charge on any atom is 0.151 e. The second kappa shape index (κ2) is 8.23. The number of para-hydroxylation sites is 5. The molecule has 5 aromatic rings.